The lowest BCUT2D eigenvalue weighted by Gasteiger charge is -2.23. The molecule has 118 valence electrons. The maximum absolute atomic E-state index is 4.32. The highest BCUT2D eigenvalue weighted by Crippen LogP contribution is 2.40. The van der Waals surface area contributed by atoms with Crippen molar-refractivity contribution in [1.29, 1.82) is 0 Å². The molecule has 0 amide bonds. The summed E-state index contributed by atoms with van der Waals surface area (Å²) in [4.78, 5) is 4.32. The molecular weight excluding hydrogens is 393 g/mol. The van der Waals surface area contributed by atoms with Gasteiger partial charge in [-0.25, -0.2) is 0 Å². The van der Waals surface area contributed by atoms with Crippen LogP contribution < -0.4 is 10.6 Å². The Morgan fingerprint density at radius 1 is 1.33 bits per heavy atom. The molecule has 1 saturated carbocycles. The maximum atomic E-state index is 4.32. The molecule has 2 unspecified atom stereocenters. The Morgan fingerprint density at radius 3 is 2.57 bits per heavy atom. The van der Waals surface area contributed by atoms with E-state index in [-0.39, 0.29) is 28.7 Å². The summed E-state index contributed by atoms with van der Waals surface area (Å²) in [6.45, 7) is 5.39. The molecule has 1 aromatic rings. The van der Waals surface area contributed by atoms with E-state index in [4.69, 9.17) is 0 Å². The van der Waals surface area contributed by atoms with Crippen LogP contribution >= 0.6 is 35.7 Å². The number of nitrogens with zero attached hydrogens (tertiary/aromatic N) is 1. The number of hydrogen-bond donors (Lipinski definition) is 2. The van der Waals surface area contributed by atoms with Crippen molar-refractivity contribution in [2.75, 3.05) is 19.8 Å². The number of hydrogen-bond acceptors (Lipinski definition) is 2. The highest BCUT2D eigenvalue weighted by Gasteiger charge is 2.38. The molecule has 3 nitrogen and oxygen atoms in total. The van der Waals surface area contributed by atoms with E-state index in [1.54, 1.807) is 0 Å². The summed E-state index contributed by atoms with van der Waals surface area (Å²) in [5, 5.41) is 6.94. The van der Waals surface area contributed by atoms with E-state index in [9.17, 15) is 0 Å². The molecule has 1 aliphatic rings. The zero-order valence-corrected chi connectivity index (χ0v) is 16.4. The van der Waals surface area contributed by atoms with E-state index < -0.39 is 0 Å². The summed E-state index contributed by atoms with van der Waals surface area (Å²) in [7, 11) is 1.83. The molecule has 5 heteroatoms. The summed E-state index contributed by atoms with van der Waals surface area (Å²) in [5.41, 5.74) is 1.42. The van der Waals surface area contributed by atoms with Crippen LogP contribution in [-0.4, -0.2) is 36.6 Å². The van der Waals surface area contributed by atoms with Crippen molar-refractivity contribution in [3.05, 3.63) is 35.9 Å². The Hall–Kier alpha value is -0.430. The van der Waals surface area contributed by atoms with Gasteiger partial charge in [0.25, 0.3) is 0 Å². The van der Waals surface area contributed by atoms with E-state index in [1.807, 2.05) is 18.8 Å². The first kappa shape index (κ1) is 18.6. The topological polar surface area (TPSA) is 36.4 Å². The van der Waals surface area contributed by atoms with Gasteiger partial charge in [-0.05, 0) is 32.1 Å². The highest BCUT2D eigenvalue weighted by molar-refractivity contribution is 14.0. The van der Waals surface area contributed by atoms with Crippen molar-refractivity contribution < 1.29 is 0 Å². The lowest BCUT2D eigenvalue weighted by atomic mass is 10.1. The summed E-state index contributed by atoms with van der Waals surface area (Å²) in [6.07, 6.45) is 3.33. The van der Waals surface area contributed by atoms with Crippen molar-refractivity contribution >= 4 is 41.7 Å². The van der Waals surface area contributed by atoms with E-state index in [2.05, 4.69) is 66.1 Å². The van der Waals surface area contributed by atoms with Gasteiger partial charge in [0.15, 0.2) is 5.96 Å². The van der Waals surface area contributed by atoms with Crippen LogP contribution in [-0.2, 0) is 0 Å². The minimum Gasteiger partial charge on any atom is -0.355 e. The molecule has 0 bridgehead atoms. The normalized spacial score (nSPS) is 21.4. The zero-order valence-electron chi connectivity index (χ0n) is 13.2. The summed E-state index contributed by atoms with van der Waals surface area (Å²) < 4.78 is 0.222. The van der Waals surface area contributed by atoms with Gasteiger partial charge < -0.3 is 10.6 Å². The lowest BCUT2D eigenvalue weighted by Crippen LogP contribution is -2.44. The van der Waals surface area contributed by atoms with Gasteiger partial charge in [-0.15, -0.1) is 24.0 Å². The predicted octanol–water partition coefficient (Wildman–Crippen LogP) is 3.47. The standard InChI is InChI=1S/C16H25N3S.HI/c1-16(2,20-4)11-18-15(17-3)19-14-10-13(14)12-8-6-5-7-9-12;/h5-9,13-14H,10-11H2,1-4H3,(H2,17,18,19);1H. The second-order valence-corrected chi connectivity index (χ2v) is 7.41. The van der Waals surface area contributed by atoms with E-state index in [0.29, 0.717) is 12.0 Å². The van der Waals surface area contributed by atoms with Crippen molar-refractivity contribution in [2.45, 2.75) is 37.0 Å². The number of guanidine groups is 1. The molecule has 2 N–H and O–H groups in total. The Labute approximate surface area is 149 Å². The zero-order chi connectivity index (χ0) is 14.6. The number of benzene rings is 1. The first-order valence-electron chi connectivity index (χ1n) is 7.13. The molecule has 1 aliphatic carbocycles. The minimum atomic E-state index is 0. The fraction of sp³-hybridized carbons (Fsp3) is 0.562. The summed E-state index contributed by atoms with van der Waals surface area (Å²) in [6, 6.07) is 11.2. The first-order chi connectivity index (χ1) is 9.55. The van der Waals surface area contributed by atoms with Crippen LogP contribution in [0, 0.1) is 0 Å². The third-order valence-electron chi connectivity index (χ3n) is 3.80. The average Bonchev–Trinajstić information content (AvgIpc) is 3.23. The monoisotopic (exact) mass is 419 g/mol. The van der Waals surface area contributed by atoms with E-state index in [1.165, 1.54) is 12.0 Å². The molecule has 1 fully saturated rings. The van der Waals surface area contributed by atoms with E-state index >= 15 is 0 Å². The molecule has 0 spiro atoms. The largest absolute Gasteiger partial charge is 0.355 e. The molecule has 2 atom stereocenters. The van der Waals surface area contributed by atoms with Crippen molar-refractivity contribution in [3.8, 4) is 0 Å². The van der Waals surface area contributed by atoms with Crippen LogP contribution in [0.25, 0.3) is 0 Å². The molecular formula is C16H26IN3S. The van der Waals surface area contributed by atoms with Gasteiger partial charge in [-0.2, -0.15) is 11.8 Å². The van der Waals surface area contributed by atoms with Crippen LogP contribution in [0.3, 0.4) is 0 Å². The quantitative estimate of drug-likeness (QED) is 0.436. The third-order valence-corrected chi connectivity index (χ3v) is 5.05. The SMILES string of the molecule is CN=C(NCC(C)(C)SC)NC1CC1c1ccccc1.I. The molecule has 2 rings (SSSR count). The smallest absolute Gasteiger partial charge is 0.191 e. The van der Waals surface area contributed by atoms with Crippen LogP contribution in [0.15, 0.2) is 35.3 Å². The molecule has 0 heterocycles. The van der Waals surface area contributed by atoms with Gasteiger partial charge in [0, 0.05) is 30.3 Å². The second-order valence-electron chi connectivity index (χ2n) is 5.89. The molecule has 0 aromatic heterocycles. The number of nitrogens with one attached hydrogen (secondary N) is 2. The molecule has 0 radical (unpaired) electrons. The Balaban J connectivity index is 0.00000220. The third kappa shape index (κ3) is 5.70. The number of thioether (sulfide) groups is 1. The Bertz CT molecular complexity index is 462. The van der Waals surface area contributed by atoms with Crippen LogP contribution in [0.2, 0.25) is 0 Å². The second kappa shape index (κ2) is 8.27. The number of halogens is 1. The van der Waals surface area contributed by atoms with Gasteiger partial charge in [-0.3, -0.25) is 4.99 Å². The molecule has 0 saturated heterocycles. The van der Waals surface area contributed by atoms with Gasteiger partial charge in [0.1, 0.15) is 0 Å². The highest BCUT2D eigenvalue weighted by atomic mass is 127. The lowest BCUT2D eigenvalue weighted by molar-refractivity contribution is 0.662. The van der Waals surface area contributed by atoms with Gasteiger partial charge in [0.05, 0.1) is 0 Å². The van der Waals surface area contributed by atoms with Gasteiger partial charge in [-0.1, -0.05) is 30.3 Å². The average molecular weight is 419 g/mol. The fourth-order valence-electron chi connectivity index (χ4n) is 2.16. The Morgan fingerprint density at radius 2 is 2.00 bits per heavy atom. The molecule has 1 aromatic carbocycles. The van der Waals surface area contributed by atoms with Crippen LogP contribution in [0.4, 0.5) is 0 Å². The maximum Gasteiger partial charge on any atom is 0.191 e. The fourth-order valence-corrected chi connectivity index (χ4v) is 2.38. The summed E-state index contributed by atoms with van der Waals surface area (Å²) in [5.74, 6) is 1.54. The van der Waals surface area contributed by atoms with Crippen LogP contribution in [0.5, 0.6) is 0 Å². The van der Waals surface area contributed by atoms with Crippen molar-refractivity contribution in [3.63, 3.8) is 0 Å². The molecule has 0 aliphatic heterocycles. The number of aliphatic imine (C=N–C) groups is 1. The first-order valence-corrected chi connectivity index (χ1v) is 8.35. The van der Waals surface area contributed by atoms with Crippen molar-refractivity contribution in [2.24, 2.45) is 4.99 Å². The number of rotatable bonds is 5. The Kier molecular flexibility index (Phi) is 7.33. The molecule has 21 heavy (non-hydrogen) atoms. The van der Waals surface area contributed by atoms with Gasteiger partial charge in [0.2, 0.25) is 0 Å². The minimum absolute atomic E-state index is 0. The predicted molar refractivity (Wildman–Crippen MR) is 105 cm³/mol. The van der Waals surface area contributed by atoms with Crippen molar-refractivity contribution in [1.82, 2.24) is 10.6 Å². The van der Waals surface area contributed by atoms with Gasteiger partial charge >= 0.3 is 0 Å². The van der Waals surface area contributed by atoms with E-state index in [0.717, 1.165) is 12.5 Å². The summed E-state index contributed by atoms with van der Waals surface area (Å²) >= 11 is 1.87. The van der Waals surface area contributed by atoms with Crippen LogP contribution in [0.1, 0.15) is 31.7 Å².